The van der Waals surface area contributed by atoms with E-state index in [0.29, 0.717) is 29.7 Å². The summed E-state index contributed by atoms with van der Waals surface area (Å²) in [5, 5.41) is 3.10. The van der Waals surface area contributed by atoms with Gasteiger partial charge in [0.05, 0.1) is 13.7 Å². The highest BCUT2D eigenvalue weighted by molar-refractivity contribution is 5.95. The van der Waals surface area contributed by atoms with Crippen molar-refractivity contribution >= 4 is 5.91 Å². The van der Waals surface area contributed by atoms with Gasteiger partial charge in [0.15, 0.2) is 11.5 Å². The second kappa shape index (κ2) is 7.17. The summed E-state index contributed by atoms with van der Waals surface area (Å²) in [5.74, 6) is 1.24. The van der Waals surface area contributed by atoms with E-state index in [2.05, 4.69) is 5.32 Å². The topological polar surface area (TPSA) is 47.6 Å². The summed E-state index contributed by atoms with van der Waals surface area (Å²) >= 11 is 0. The van der Waals surface area contributed by atoms with Gasteiger partial charge in [0.25, 0.3) is 5.91 Å². The molecule has 1 aliphatic rings. The van der Waals surface area contributed by atoms with E-state index in [1.54, 1.807) is 25.3 Å². The zero-order chi connectivity index (χ0) is 14.4. The summed E-state index contributed by atoms with van der Waals surface area (Å²) in [6.07, 6.45) is 5.86. The molecule has 1 fully saturated rings. The van der Waals surface area contributed by atoms with E-state index in [9.17, 15) is 4.79 Å². The average molecular weight is 277 g/mol. The fourth-order valence-corrected chi connectivity index (χ4v) is 2.60. The molecule has 4 nitrogen and oxygen atoms in total. The van der Waals surface area contributed by atoms with Crippen LogP contribution in [0, 0.1) is 0 Å². The lowest BCUT2D eigenvalue weighted by Gasteiger charge is -2.23. The summed E-state index contributed by atoms with van der Waals surface area (Å²) < 4.78 is 10.7. The van der Waals surface area contributed by atoms with Crippen molar-refractivity contribution in [2.24, 2.45) is 0 Å². The van der Waals surface area contributed by atoms with Crippen LogP contribution in [0.4, 0.5) is 0 Å². The van der Waals surface area contributed by atoms with E-state index in [-0.39, 0.29) is 5.91 Å². The van der Waals surface area contributed by atoms with E-state index < -0.39 is 0 Å². The number of rotatable bonds is 5. The quantitative estimate of drug-likeness (QED) is 0.899. The minimum absolute atomic E-state index is 0.0294. The van der Waals surface area contributed by atoms with E-state index >= 15 is 0 Å². The smallest absolute Gasteiger partial charge is 0.251 e. The van der Waals surface area contributed by atoms with E-state index in [1.807, 2.05) is 6.92 Å². The van der Waals surface area contributed by atoms with E-state index in [1.165, 1.54) is 19.3 Å². The van der Waals surface area contributed by atoms with Crippen LogP contribution in [0.5, 0.6) is 11.5 Å². The number of carbonyl (C=O) groups is 1. The number of benzene rings is 1. The molecule has 4 heteroatoms. The number of ether oxygens (including phenoxy) is 2. The molecule has 1 aromatic rings. The van der Waals surface area contributed by atoms with Crippen LogP contribution in [0.3, 0.4) is 0 Å². The first-order chi connectivity index (χ1) is 9.74. The summed E-state index contributed by atoms with van der Waals surface area (Å²) in [4.78, 5) is 12.2. The molecule has 1 N–H and O–H groups in total. The van der Waals surface area contributed by atoms with Crippen molar-refractivity contribution in [3.05, 3.63) is 23.8 Å². The third kappa shape index (κ3) is 3.65. The van der Waals surface area contributed by atoms with Crippen LogP contribution in [0.25, 0.3) is 0 Å². The summed E-state index contributed by atoms with van der Waals surface area (Å²) in [6, 6.07) is 5.63. The predicted molar refractivity (Wildman–Crippen MR) is 78.5 cm³/mol. The maximum absolute atomic E-state index is 12.2. The van der Waals surface area contributed by atoms with Crippen molar-refractivity contribution in [3.63, 3.8) is 0 Å². The second-order valence-corrected chi connectivity index (χ2v) is 5.11. The van der Waals surface area contributed by atoms with Gasteiger partial charge in [-0.15, -0.1) is 0 Å². The van der Waals surface area contributed by atoms with Crippen molar-refractivity contribution in [2.45, 2.75) is 45.1 Å². The van der Waals surface area contributed by atoms with Crippen LogP contribution in [0.2, 0.25) is 0 Å². The molecular formula is C16H23NO3. The Morgan fingerprint density at radius 2 is 2.00 bits per heavy atom. The SMILES string of the molecule is CCOc1ccc(C(=O)NC2CCCCC2)cc1OC. The Morgan fingerprint density at radius 3 is 2.65 bits per heavy atom. The molecule has 0 spiro atoms. The van der Waals surface area contributed by atoms with Crippen molar-refractivity contribution in [3.8, 4) is 11.5 Å². The molecule has 1 aromatic carbocycles. The number of carbonyl (C=O) groups excluding carboxylic acids is 1. The van der Waals surface area contributed by atoms with Crippen LogP contribution in [0.15, 0.2) is 18.2 Å². The molecule has 0 heterocycles. The monoisotopic (exact) mass is 277 g/mol. The van der Waals surface area contributed by atoms with Crippen molar-refractivity contribution in [1.29, 1.82) is 0 Å². The molecule has 0 radical (unpaired) electrons. The van der Waals surface area contributed by atoms with E-state index in [0.717, 1.165) is 12.8 Å². The van der Waals surface area contributed by atoms with Gasteiger partial charge in [-0.2, -0.15) is 0 Å². The normalized spacial score (nSPS) is 15.7. The molecule has 0 bridgehead atoms. The molecule has 0 atom stereocenters. The lowest BCUT2D eigenvalue weighted by molar-refractivity contribution is 0.0927. The first kappa shape index (κ1) is 14.7. The molecule has 0 saturated heterocycles. The van der Waals surface area contributed by atoms with Gasteiger partial charge >= 0.3 is 0 Å². The van der Waals surface area contributed by atoms with Crippen LogP contribution in [0.1, 0.15) is 49.4 Å². The van der Waals surface area contributed by atoms with Gasteiger partial charge in [0.1, 0.15) is 0 Å². The first-order valence-corrected chi connectivity index (χ1v) is 7.36. The minimum Gasteiger partial charge on any atom is -0.493 e. The Labute approximate surface area is 120 Å². The molecule has 110 valence electrons. The third-order valence-electron chi connectivity index (χ3n) is 3.67. The van der Waals surface area contributed by atoms with Gasteiger partial charge in [0.2, 0.25) is 0 Å². The van der Waals surface area contributed by atoms with Crippen molar-refractivity contribution in [1.82, 2.24) is 5.32 Å². The van der Waals surface area contributed by atoms with Gasteiger partial charge in [-0.05, 0) is 38.0 Å². The Morgan fingerprint density at radius 1 is 1.25 bits per heavy atom. The highest BCUT2D eigenvalue weighted by Gasteiger charge is 2.17. The second-order valence-electron chi connectivity index (χ2n) is 5.11. The fraction of sp³-hybridized carbons (Fsp3) is 0.562. The standard InChI is InChI=1S/C16H23NO3/c1-3-20-14-10-9-12(11-15(14)19-2)16(18)17-13-7-5-4-6-8-13/h9-11,13H,3-8H2,1-2H3,(H,17,18). The van der Waals surface area contributed by atoms with Crippen molar-refractivity contribution in [2.75, 3.05) is 13.7 Å². The molecule has 20 heavy (non-hydrogen) atoms. The molecule has 1 saturated carbocycles. The molecule has 0 aromatic heterocycles. The van der Waals surface area contributed by atoms with Crippen molar-refractivity contribution < 1.29 is 14.3 Å². The number of methoxy groups -OCH3 is 1. The van der Waals surface area contributed by atoms with Gasteiger partial charge in [-0.1, -0.05) is 19.3 Å². The Kier molecular flexibility index (Phi) is 5.27. The van der Waals surface area contributed by atoms with Crippen LogP contribution in [-0.4, -0.2) is 25.7 Å². The van der Waals surface area contributed by atoms with Gasteiger partial charge in [-0.3, -0.25) is 4.79 Å². The predicted octanol–water partition coefficient (Wildman–Crippen LogP) is 3.16. The minimum atomic E-state index is -0.0294. The molecular weight excluding hydrogens is 254 g/mol. The Hall–Kier alpha value is -1.71. The summed E-state index contributed by atoms with van der Waals surface area (Å²) in [5.41, 5.74) is 0.621. The van der Waals surface area contributed by atoms with Crippen LogP contribution < -0.4 is 14.8 Å². The average Bonchev–Trinajstić information content (AvgIpc) is 2.49. The van der Waals surface area contributed by atoms with Gasteiger partial charge < -0.3 is 14.8 Å². The number of hydrogen-bond donors (Lipinski definition) is 1. The largest absolute Gasteiger partial charge is 0.493 e. The maximum atomic E-state index is 12.2. The Bertz CT molecular complexity index is 453. The van der Waals surface area contributed by atoms with E-state index in [4.69, 9.17) is 9.47 Å². The third-order valence-corrected chi connectivity index (χ3v) is 3.67. The van der Waals surface area contributed by atoms with Gasteiger partial charge in [0, 0.05) is 11.6 Å². The van der Waals surface area contributed by atoms with Crippen LogP contribution in [-0.2, 0) is 0 Å². The van der Waals surface area contributed by atoms with Crippen LogP contribution >= 0.6 is 0 Å². The maximum Gasteiger partial charge on any atom is 0.251 e. The zero-order valence-electron chi connectivity index (χ0n) is 12.3. The highest BCUT2D eigenvalue weighted by atomic mass is 16.5. The molecule has 0 aliphatic heterocycles. The molecule has 0 unspecified atom stereocenters. The lowest BCUT2D eigenvalue weighted by atomic mass is 9.95. The zero-order valence-corrected chi connectivity index (χ0v) is 12.3. The number of hydrogen-bond acceptors (Lipinski definition) is 3. The number of amides is 1. The lowest BCUT2D eigenvalue weighted by Crippen LogP contribution is -2.36. The first-order valence-electron chi connectivity index (χ1n) is 7.36. The summed E-state index contributed by atoms with van der Waals surface area (Å²) in [7, 11) is 1.58. The molecule has 2 rings (SSSR count). The number of nitrogens with one attached hydrogen (secondary N) is 1. The van der Waals surface area contributed by atoms with Gasteiger partial charge in [-0.25, -0.2) is 0 Å². The molecule has 1 amide bonds. The summed E-state index contributed by atoms with van der Waals surface area (Å²) in [6.45, 7) is 2.49. The highest BCUT2D eigenvalue weighted by Crippen LogP contribution is 2.28. The molecule has 1 aliphatic carbocycles. The fourth-order valence-electron chi connectivity index (χ4n) is 2.60. The Balaban J connectivity index is 2.05.